The number of aryl methyl sites for hydroxylation is 3. The lowest BCUT2D eigenvalue weighted by Crippen LogP contribution is -2.37. The quantitative estimate of drug-likeness (QED) is 0.173. The first-order valence-corrected chi connectivity index (χ1v) is 14.7. The second kappa shape index (κ2) is 14.5. The van der Waals surface area contributed by atoms with Gasteiger partial charge in [-0.25, -0.2) is 14.8 Å². The second-order valence-corrected chi connectivity index (χ2v) is 10.7. The van der Waals surface area contributed by atoms with E-state index in [1.54, 1.807) is 12.4 Å². The van der Waals surface area contributed by atoms with Gasteiger partial charge in [0.1, 0.15) is 30.0 Å². The van der Waals surface area contributed by atoms with Gasteiger partial charge in [-0.2, -0.15) is 0 Å². The van der Waals surface area contributed by atoms with Crippen LogP contribution >= 0.6 is 0 Å². The fourth-order valence-corrected chi connectivity index (χ4v) is 5.09. The minimum Gasteiger partial charge on any atom is -0.491 e. The SMILES string of the molecule is Cc1ccc(OCCN(CCCCc2ccc3c(n2)NCCC3)CC[C@H](Nc2cnc3ccccc3n2)C(=O)O)cn1. The number of aromatic nitrogens is 4. The first-order chi connectivity index (χ1) is 20.5. The molecule has 4 heterocycles. The molecule has 10 nitrogen and oxygen atoms in total. The summed E-state index contributed by atoms with van der Waals surface area (Å²) < 4.78 is 5.94. The lowest BCUT2D eigenvalue weighted by Gasteiger charge is -2.24. The molecule has 0 amide bonds. The molecule has 10 heteroatoms. The van der Waals surface area contributed by atoms with E-state index < -0.39 is 12.0 Å². The Morgan fingerprint density at radius 3 is 2.74 bits per heavy atom. The molecule has 4 aromatic rings. The summed E-state index contributed by atoms with van der Waals surface area (Å²) in [6, 6.07) is 14.9. The molecule has 220 valence electrons. The van der Waals surface area contributed by atoms with Gasteiger partial charge in [-0.3, -0.25) is 14.9 Å². The fraction of sp³-hybridized carbons (Fsp3) is 0.406. The number of carboxylic acids is 1. The summed E-state index contributed by atoms with van der Waals surface area (Å²) in [6.45, 7) is 5.53. The lowest BCUT2D eigenvalue weighted by atomic mass is 10.1. The number of carbonyl (C=O) groups is 1. The van der Waals surface area contributed by atoms with Crippen molar-refractivity contribution in [3.05, 3.63) is 77.9 Å². The maximum atomic E-state index is 12.2. The Balaban J connectivity index is 1.16. The van der Waals surface area contributed by atoms with Crippen molar-refractivity contribution in [1.82, 2.24) is 24.8 Å². The number of anilines is 2. The Morgan fingerprint density at radius 2 is 1.90 bits per heavy atom. The number of nitrogens with zero attached hydrogens (tertiary/aromatic N) is 5. The molecule has 0 saturated carbocycles. The first kappa shape index (κ1) is 29.2. The highest BCUT2D eigenvalue weighted by Crippen LogP contribution is 2.20. The highest BCUT2D eigenvalue weighted by atomic mass is 16.5. The van der Waals surface area contributed by atoms with Crippen LogP contribution in [0.5, 0.6) is 5.75 Å². The number of ether oxygens (including phenoxy) is 1. The van der Waals surface area contributed by atoms with Crippen molar-refractivity contribution in [3.63, 3.8) is 0 Å². The summed E-state index contributed by atoms with van der Waals surface area (Å²) in [7, 11) is 0. The van der Waals surface area contributed by atoms with Crippen LogP contribution < -0.4 is 15.4 Å². The summed E-state index contributed by atoms with van der Waals surface area (Å²) >= 11 is 0. The number of para-hydroxylation sites is 2. The van der Waals surface area contributed by atoms with Crippen LogP contribution in [-0.4, -0.2) is 74.7 Å². The van der Waals surface area contributed by atoms with Gasteiger partial charge in [-0.1, -0.05) is 18.2 Å². The van der Waals surface area contributed by atoms with E-state index in [1.807, 2.05) is 43.3 Å². The minimum atomic E-state index is -0.918. The molecular weight excluding hydrogens is 530 g/mol. The van der Waals surface area contributed by atoms with E-state index in [-0.39, 0.29) is 0 Å². The molecule has 1 atom stereocenters. The zero-order valence-electron chi connectivity index (χ0n) is 24.1. The summed E-state index contributed by atoms with van der Waals surface area (Å²) in [4.78, 5) is 32.5. The molecule has 1 aliphatic rings. The van der Waals surface area contributed by atoms with Crippen molar-refractivity contribution in [3.8, 4) is 5.75 Å². The molecule has 0 radical (unpaired) electrons. The smallest absolute Gasteiger partial charge is 0.326 e. The molecule has 0 fully saturated rings. The Kier molecular flexibility index (Phi) is 10.1. The monoisotopic (exact) mass is 569 g/mol. The van der Waals surface area contributed by atoms with E-state index in [2.05, 4.69) is 42.6 Å². The van der Waals surface area contributed by atoms with Crippen LogP contribution in [0.4, 0.5) is 11.6 Å². The highest BCUT2D eigenvalue weighted by Gasteiger charge is 2.20. The van der Waals surface area contributed by atoms with E-state index in [0.29, 0.717) is 31.9 Å². The van der Waals surface area contributed by atoms with Crippen molar-refractivity contribution >= 4 is 28.6 Å². The van der Waals surface area contributed by atoms with Gasteiger partial charge in [0.2, 0.25) is 0 Å². The third-order valence-electron chi connectivity index (χ3n) is 7.47. The van der Waals surface area contributed by atoms with Crippen molar-refractivity contribution in [1.29, 1.82) is 0 Å². The van der Waals surface area contributed by atoms with Gasteiger partial charge in [0.25, 0.3) is 0 Å². The standard InChI is InChI=1S/C32H39N7O3/c1-23-11-14-26(21-34-23)42-20-19-39(17-5-4-8-25-13-12-24-7-6-16-33-31(24)36-25)18-15-29(32(40)41)38-30-22-35-27-9-2-3-10-28(27)37-30/h2-3,9-14,21-22,29H,4-8,15-20H2,1H3,(H,33,36)(H,37,38)(H,40,41)/t29-/m0/s1. The van der Waals surface area contributed by atoms with Crippen LogP contribution in [0.25, 0.3) is 11.0 Å². The predicted octanol–water partition coefficient (Wildman–Crippen LogP) is 4.75. The molecular formula is C32H39N7O3. The number of unbranched alkanes of at least 4 members (excludes halogenated alkanes) is 1. The molecule has 0 spiro atoms. The molecule has 42 heavy (non-hydrogen) atoms. The number of hydrogen-bond donors (Lipinski definition) is 3. The summed E-state index contributed by atoms with van der Waals surface area (Å²) in [6.07, 6.45) is 8.85. The molecule has 3 N–H and O–H groups in total. The number of rotatable bonds is 15. The average Bonchev–Trinajstić information content (AvgIpc) is 3.01. The molecule has 3 aromatic heterocycles. The largest absolute Gasteiger partial charge is 0.491 e. The zero-order chi connectivity index (χ0) is 29.1. The van der Waals surface area contributed by atoms with Crippen LogP contribution in [0.1, 0.15) is 42.6 Å². The predicted molar refractivity (Wildman–Crippen MR) is 164 cm³/mol. The van der Waals surface area contributed by atoms with E-state index in [0.717, 1.165) is 79.2 Å². The molecule has 0 bridgehead atoms. The average molecular weight is 570 g/mol. The molecule has 0 unspecified atom stereocenters. The summed E-state index contributed by atoms with van der Waals surface area (Å²) in [5.74, 6) is 1.30. The first-order valence-electron chi connectivity index (χ1n) is 14.7. The van der Waals surface area contributed by atoms with Crippen LogP contribution in [0.3, 0.4) is 0 Å². The Bertz CT molecular complexity index is 1460. The molecule has 5 rings (SSSR count). The maximum Gasteiger partial charge on any atom is 0.326 e. The molecule has 0 aliphatic carbocycles. The second-order valence-electron chi connectivity index (χ2n) is 10.7. The molecule has 1 aromatic carbocycles. The van der Waals surface area contributed by atoms with Crippen molar-refractivity contribution in [2.24, 2.45) is 0 Å². The number of aliphatic carboxylic acids is 1. The van der Waals surface area contributed by atoms with Gasteiger partial charge in [0.15, 0.2) is 0 Å². The number of benzene rings is 1. The number of pyridine rings is 2. The van der Waals surface area contributed by atoms with Gasteiger partial charge in [0, 0.05) is 31.0 Å². The van der Waals surface area contributed by atoms with Gasteiger partial charge in [-0.15, -0.1) is 0 Å². The Labute approximate surface area is 246 Å². The number of fused-ring (bicyclic) bond motifs is 2. The number of nitrogens with one attached hydrogen (secondary N) is 2. The van der Waals surface area contributed by atoms with Gasteiger partial charge in [-0.05, 0) is 87.9 Å². The van der Waals surface area contributed by atoms with Crippen LogP contribution in [0, 0.1) is 6.92 Å². The van der Waals surface area contributed by atoms with Crippen LogP contribution in [-0.2, 0) is 17.6 Å². The van der Waals surface area contributed by atoms with Gasteiger partial charge >= 0.3 is 5.97 Å². The minimum absolute atomic E-state index is 0.411. The topological polar surface area (TPSA) is 125 Å². The summed E-state index contributed by atoms with van der Waals surface area (Å²) in [5.41, 5.74) is 4.84. The number of carboxylic acid groups (broad SMARTS) is 1. The third-order valence-corrected chi connectivity index (χ3v) is 7.47. The highest BCUT2D eigenvalue weighted by molar-refractivity contribution is 5.78. The maximum absolute atomic E-state index is 12.2. The van der Waals surface area contributed by atoms with Crippen LogP contribution in [0.15, 0.2) is 60.9 Å². The van der Waals surface area contributed by atoms with E-state index in [9.17, 15) is 9.90 Å². The Hall–Kier alpha value is -4.31. The molecule has 0 saturated heterocycles. The van der Waals surface area contributed by atoms with Crippen LogP contribution in [0.2, 0.25) is 0 Å². The van der Waals surface area contributed by atoms with E-state index >= 15 is 0 Å². The van der Waals surface area contributed by atoms with Crippen molar-refractivity contribution in [2.45, 2.75) is 51.5 Å². The number of hydrogen-bond acceptors (Lipinski definition) is 9. The van der Waals surface area contributed by atoms with Gasteiger partial charge < -0.3 is 20.5 Å². The van der Waals surface area contributed by atoms with Crippen molar-refractivity contribution in [2.75, 3.05) is 43.4 Å². The Morgan fingerprint density at radius 1 is 1.02 bits per heavy atom. The zero-order valence-corrected chi connectivity index (χ0v) is 24.1. The molecule has 1 aliphatic heterocycles. The van der Waals surface area contributed by atoms with E-state index in [1.165, 1.54) is 5.56 Å². The fourth-order valence-electron chi connectivity index (χ4n) is 5.09. The van der Waals surface area contributed by atoms with E-state index in [4.69, 9.17) is 9.72 Å². The third kappa shape index (κ3) is 8.36. The lowest BCUT2D eigenvalue weighted by molar-refractivity contribution is -0.138. The normalized spacial score (nSPS) is 13.4. The van der Waals surface area contributed by atoms with Gasteiger partial charge in [0.05, 0.1) is 23.4 Å². The summed E-state index contributed by atoms with van der Waals surface area (Å²) in [5, 5.41) is 16.4. The van der Waals surface area contributed by atoms with Crippen molar-refractivity contribution < 1.29 is 14.6 Å².